The maximum atomic E-state index is 12.1. The fourth-order valence-corrected chi connectivity index (χ4v) is 1.66. The topological polar surface area (TPSA) is 125 Å². The summed E-state index contributed by atoms with van der Waals surface area (Å²) in [5.74, 6) is -2.44. The molecule has 0 aliphatic carbocycles. The van der Waals surface area contributed by atoms with E-state index in [-0.39, 0.29) is 18.7 Å². The van der Waals surface area contributed by atoms with Crippen LogP contribution in [0.5, 0.6) is 0 Å². The van der Waals surface area contributed by atoms with Gasteiger partial charge in [0.15, 0.2) is 0 Å². The summed E-state index contributed by atoms with van der Waals surface area (Å²) in [6.45, 7) is 8.09. The number of carboxylic acids is 1. The average Bonchev–Trinajstić information content (AvgIpc) is 2.30. The van der Waals surface area contributed by atoms with Crippen molar-refractivity contribution in [1.82, 2.24) is 16.0 Å². The highest BCUT2D eigenvalue weighted by atomic mass is 16.4. The summed E-state index contributed by atoms with van der Waals surface area (Å²) >= 11 is 0. The highest BCUT2D eigenvalue weighted by molar-refractivity contribution is 5.91. The number of rotatable bonds is 7. The molecule has 0 heterocycles. The first kappa shape index (κ1) is 19.9. The third-order valence-corrected chi connectivity index (χ3v) is 2.59. The molecule has 8 nitrogen and oxygen atoms in total. The highest BCUT2D eigenvalue weighted by Crippen LogP contribution is 2.04. The van der Waals surface area contributed by atoms with E-state index in [1.54, 1.807) is 20.8 Å². The standard InChI is InChI=1S/C14H25N3O5/c1-8(15-9(2)18)12(21)16-10(6-7-11(19)20)13(22)17-14(3,4)5/h8,10H,6-7H2,1-5H3,(H,15,18)(H,16,21)(H,17,22)(H,19,20). The Morgan fingerprint density at radius 1 is 1.05 bits per heavy atom. The van der Waals surface area contributed by atoms with Gasteiger partial charge in [-0.2, -0.15) is 0 Å². The Hall–Kier alpha value is -2.12. The Morgan fingerprint density at radius 2 is 1.59 bits per heavy atom. The molecule has 0 aromatic heterocycles. The molecular weight excluding hydrogens is 290 g/mol. The predicted octanol–water partition coefficient (Wildman–Crippen LogP) is -0.225. The molecule has 0 rings (SSSR count). The summed E-state index contributed by atoms with van der Waals surface area (Å²) in [6, 6.07) is -1.79. The van der Waals surface area contributed by atoms with Gasteiger partial charge in [-0.15, -0.1) is 0 Å². The smallest absolute Gasteiger partial charge is 0.303 e. The fraction of sp³-hybridized carbons (Fsp3) is 0.714. The van der Waals surface area contributed by atoms with Crippen LogP contribution in [-0.2, 0) is 19.2 Å². The number of hydrogen-bond acceptors (Lipinski definition) is 4. The molecule has 0 aromatic carbocycles. The van der Waals surface area contributed by atoms with Crippen molar-refractivity contribution in [3.8, 4) is 0 Å². The van der Waals surface area contributed by atoms with Crippen molar-refractivity contribution in [2.45, 2.75) is 65.1 Å². The largest absolute Gasteiger partial charge is 0.481 e. The van der Waals surface area contributed by atoms with E-state index in [4.69, 9.17) is 5.11 Å². The van der Waals surface area contributed by atoms with Crippen LogP contribution >= 0.6 is 0 Å². The third kappa shape index (κ3) is 8.93. The van der Waals surface area contributed by atoms with Gasteiger partial charge in [-0.25, -0.2) is 0 Å². The van der Waals surface area contributed by atoms with Gasteiger partial charge in [0.2, 0.25) is 17.7 Å². The maximum Gasteiger partial charge on any atom is 0.303 e. The third-order valence-electron chi connectivity index (χ3n) is 2.59. The van der Waals surface area contributed by atoms with Crippen LogP contribution in [0.15, 0.2) is 0 Å². The molecule has 8 heteroatoms. The minimum absolute atomic E-state index is 0.0320. The molecule has 0 radical (unpaired) electrons. The van der Waals surface area contributed by atoms with Crippen molar-refractivity contribution >= 4 is 23.7 Å². The molecule has 4 N–H and O–H groups in total. The van der Waals surface area contributed by atoms with E-state index in [1.165, 1.54) is 13.8 Å². The predicted molar refractivity (Wildman–Crippen MR) is 80.0 cm³/mol. The zero-order valence-corrected chi connectivity index (χ0v) is 13.6. The lowest BCUT2D eigenvalue weighted by molar-refractivity contribution is -0.138. The first-order valence-electron chi connectivity index (χ1n) is 7.03. The monoisotopic (exact) mass is 315 g/mol. The summed E-state index contributed by atoms with van der Waals surface area (Å²) in [5, 5.41) is 16.3. The quantitative estimate of drug-likeness (QED) is 0.517. The number of hydrogen-bond donors (Lipinski definition) is 4. The normalized spacial score (nSPS) is 13.7. The summed E-state index contributed by atoms with van der Waals surface area (Å²) in [4.78, 5) is 45.7. The molecular formula is C14H25N3O5. The molecule has 2 atom stereocenters. The highest BCUT2D eigenvalue weighted by Gasteiger charge is 2.26. The molecule has 126 valence electrons. The van der Waals surface area contributed by atoms with Crippen molar-refractivity contribution in [1.29, 1.82) is 0 Å². The summed E-state index contributed by atoms with van der Waals surface area (Å²) in [6.07, 6.45) is -0.285. The number of nitrogens with one attached hydrogen (secondary N) is 3. The second-order valence-electron chi connectivity index (χ2n) is 6.16. The molecule has 0 aliphatic heterocycles. The Balaban J connectivity index is 4.85. The van der Waals surface area contributed by atoms with Crippen LogP contribution in [0.25, 0.3) is 0 Å². The molecule has 3 amide bonds. The Morgan fingerprint density at radius 3 is 2.00 bits per heavy atom. The summed E-state index contributed by atoms with van der Waals surface area (Å²) in [7, 11) is 0. The van der Waals surface area contributed by atoms with E-state index in [0.717, 1.165) is 0 Å². The molecule has 0 aromatic rings. The molecule has 0 spiro atoms. The molecule has 0 fully saturated rings. The van der Waals surface area contributed by atoms with E-state index >= 15 is 0 Å². The van der Waals surface area contributed by atoms with Crippen molar-refractivity contribution < 1.29 is 24.3 Å². The van der Waals surface area contributed by atoms with Crippen LogP contribution in [0, 0.1) is 0 Å². The zero-order chi connectivity index (χ0) is 17.5. The van der Waals surface area contributed by atoms with E-state index in [9.17, 15) is 19.2 Å². The molecule has 0 saturated heterocycles. The Kier molecular flexibility index (Phi) is 7.55. The lowest BCUT2D eigenvalue weighted by atomic mass is 10.1. The minimum Gasteiger partial charge on any atom is -0.481 e. The second-order valence-corrected chi connectivity index (χ2v) is 6.16. The van der Waals surface area contributed by atoms with Gasteiger partial charge in [-0.05, 0) is 34.1 Å². The molecule has 0 saturated carbocycles. The van der Waals surface area contributed by atoms with Crippen LogP contribution in [0.2, 0.25) is 0 Å². The maximum absolute atomic E-state index is 12.1. The Labute approximate surface area is 130 Å². The van der Waals surface area contributed by atoms with E-state index in [0.29, 0.717) is 0 Å². The van der Waals surface area contributed by atoms with Crippen LogP contribution < -0.4 is 16.0 Å². The fourth-order valence-electron chi connectivity index (χ4n) is 1.66. The average molecular weight is 315 g/mol. The van der Waals surface area contributed by atoms with E-state index in [1.807, 2.05) is 0 Å². The van der Waals surface area contributed by atoms with Gasteiger partial charge in [0.1, 0.15) is 12.1 Å². The zero-order valence-electron chi connectivity index (χ0n) is 13.6. The first-order chi connectivity index (χ1) is 9.92. The second kappa shape index (κ2) is 8.35. The van der Waals surface area contributed by atoms with Gasteiger partial charge < -0.3 is 21.1 Å². The van der Waals surface area contributed by atoms with Crippen LogP contribution in [0.1, 0.15) is 47.5 Å². The van der Waals surface area contributed by atoms with Gasteiger partial charge in [0.05, 0.1) is 0 Å². The minimum atomic E-state index is -1.06. The lowest BCUT2D eigenvalue weighted by Crippen LogP contribution is -2.55. The van der Waals surface area contributed by atoms with Crippen molar-refractivity contribution in [3.05, 3.63) is 0 Å². The van der Waals surface area contributed by atoms with Crippen molar-refractivity contribution in [2.75, 3.05) is 0 Å². The summed E-state index contributed by atoms with van der Waals surface area (Å²) in [5.41, 5.74) is -0.507. The number of carbonyl (C=O) groups is 4. The SMILES string of the molecule is CC(=O)NC(C)C(=O)NC(CCC(=O)O)C(=O)NC(C)(C)C. The molecule has 22 heavy (non-hydrogen) atoms. The number of carboxylic acid groups (broad SMARTS) is 1. The first-order valence-corrected chi connectivity index (χ1v) is 7.03. The van der Waals surface area contributed by atoms with Gasteiger partial charge >= 0.3 is 5.97 Å². The molecule has 2 unspecified atom stereocenters. The van der Waals surface area contributed by atoms with Crippen molar-refractivity contribution in [2.24, 2.45) is 0 Å². The van der Waals surface area contributed by atoms with Crippen molar-refractivity contribution in [3.63, 3.8) is 0 Å². The van der Waals surface area contributed by atoms with Crippen LogP contribution in [0.3, 0.4) is 0 Å². The van der Waals surface area contributed by atoms with E-state index in [2.05, 4.69) is 16.0 Å². The lowest BCUT2D eigenvalue weighted by Gasteiger charge is -2.26. The van der Waals surface area contributed by atoms with Gasteiger partial charge in [-0.3, -0.25) is 19.2 Å². The number of carbonyl (C=O) groups excluding carboxylic acids is 3. The van der Waals surface area contributed by atoms with Crippen LogP contribution in [0.4, 0.5) is 0 Å². The van der Waals surface area contributed by atoms with E-state index < -0.39 is 35.4 Å². The van der Waals surface area contributed by atoms with Crippen LogP contribution in [-0.4, -0.2) is 46.4 Å². The number of amides is 3. The van der Waals surface area contributed by atoms with Gasteiger partial charge in [-0.1, -0.05) is 0 Å². The Bertz CT molecular complexity index is 442. The molecule has 0 bridgehead atoms. The van der Waals surface area contributed by atoms with Gasteiger partial charge in [0.25, 0.3) is 0 Å². The molecule has 0 aliphatic rings. The number of aliphatic carboxylic acids is 1. The summed E-state index contributed by atoms with van der Waals surface area (Å²) < 4.78 is 0. The van der Waals surface area contributed by atoms with Gasteiger partial charge in [0, 0.05) is 18.9 Å².